The molecule has 3 rings (SSSR count). The molecule has 2 heterocycles. The lowest BCUT2D eigenvalue weighted by Gasteiger charge is -2.05. The van der Waals surface area contributed by atoms with E-state index in [-0.39, 0.29) is 5.15 Å². The Morgan fingerprint density at radius 2 is 1.92 bits per heavy atom. The molecule has 8 heteroatoms. The predicted molar refractivity (Wildman–Crippen MR) is 95.4 cm³/mol. The Morgan fingerprint density at radius 3 is 2.60 bits per heavy atom. The number of hydrogen-bond acceptors (Lipinski definition) is 4. The number of rotatable bonds is 4. The van der Waals surface area contributed by atoms with Gasteiger partial charge in [-0.3, -0.25) is 19.3 Å². The molecule has 0 spiro atoms. The number of nitrogens with zero attached hydrogens (tertiary/aromatic N) is 3. The van der Waals surface area contributed by atoms with Crippen molar-refractivity contribution >= 4 is 23.7 Å². The maximum atomic E-state index is 12.1. The zero-order chi connectivity index (χ0) is 17.8. The molecule has 0 aliphatic rings. The smallest absolute Gasteiger partial charge is 0.296 e. The summed E-state index contributed by atoms with van der Waals surface area (Å²) in [7, 11) is 0. The van der Waals surface area contributed by atoms with Crippen LogP contribution in [0, 0.1) is 6.92 Å². The van der Waals surface area contributed by atoms with Gasteiger partial charge in [0.25, 0.3) is 5.91 Å². The maximum absolute atomic E-state index is 12.1. The Bertz CT molecular complexity index is 975. The van der Waals surface area contributed by atoms with Crippen LogP contribution in [-0.2, 0) is 0 Å². The molecule has 0 saturated carbocycles. The van der Waals surface area contributed by atoms with Crippen LogP contribution < -0.4 is 11.1 Å². The second-order valence-electron chi connectivity index (χ2n) is 5.24. The second kappa shape index (κ2) is 7.14. The van der Waals surface area contributed by atoms with Gasteiger partial charge in [0.15, 0.2) is 0 Å². The van der Waals surface area contributed by atoms with E-state index in [2.05, 4.69) is 20.5 Å². The lowest BCUT2D eigenvalue weighted by atomic mass is 10.2. The summed E-state index contributed by atoms with van der Waals surface area (Å²) in [5, 5.41) is 4.02. The molecule has 0 aliphatic carbocycles. The van der Waals surface area contributed by atoms with Crippen LogP contribution in [0.3, 0.4) is 0 Å². The number of benzene rings is 1. The summed E-state index contributed by atoms with van der Waals surface area (Å²) < 4.78 is 1.38. The first-order valence-corrected chi connectivity index (χ1v) is 7.75. The predicted octanol–water partition coefficient (Wildman–Crippen LogP) is 2.29. The number of aromatic nitrogens is 3. The number of carbonyl (C=O) groups is 1. The Labute approximate surface area is 148 Å². The lowest BCUT2D eigenvalue weighted by Crippen LogP contribution is -2.19. The fourth-order valence-corrected chi connectivity index (χ4v) is 2.42. The van der Waals surface area contributed by atoms with Gasteiger partial charge >= 0.3 is 5.69 Å². The van der Waals surface area contributed by atoms with Gasteiger partial charge in [0, 0.05) is 18.0 Å². The Kier molecular flexibility index (Phi) is 4.76. The summed E-state index contributed by atoms with van der Waals surface area (Å²) in [5.41, 5.74) is 4.46. The largest absolute Gasteiger partial charge is 0.331 e. The van der Waals surface area contributed by atoms with Crippen molar-refractivity contribution in [2.75, 3.05) is 0 Å². The van der Waals surface area contributed by atoms with Gasteiger partial charge in [-0.2, -0.15) is 5.10 Å². The van der Waals surface area contributed by atoms with Crippen molar-refractivity contribution in [2.45, 2.75) is 6.92 Å². The van der Waals surface area contributed by atoms with Crippen LogP contribution in [0.5, 0.6) is 0 Å². The van der Waals surface area contributed by atoms with Crippen molar-refractivity contribution < 1.29 is 4.79 Å². The summed E-state index contributed by atoms with van der Waals surface area (Å²) in [4.78, 5) is 30.5. The number of amides is 1. The number of pyridine rings is 1. The van der Waals surface area contributed by atoms with Gasteiger partial charge in [0.05, 0.1) is 11.9 Å². The SMILES string of the molecule is Cc1ccc(-n2c(/C=N/NC(=O)c3ccncc3)c(Cl)[nH]c2=O)cc1. The van der Waals surface area contributed by atoms with Crippen LogP contribution >= 0.6 is 11.6 Å². The third-order valence-electron chi connectivity index (χ3n) is 3.47. The van der Waals surface area contributed by atoms with Crippen molar-refractivity contribution in [2.24, 2.45) is 5.10 Å². The molecule has 1 aromatic carbocycles. The molecule has 0 atom stereocenters. The van der Waals surface area contributed by atoms with Crippen LogP contribution in [0.1, 0.15) is 21.6 Å². The van der Waals surface area contributed by atoms with E-state index in [9.17, 15) is 9.59 Å². The minimum absolute atomic E-state index is 0.132. The monoisotopic (exact) mass is 355 g/mol. The van der Waals surface area contributed by atoms with Gasteiger partial charge in [-0.1, -0.05) is 29.3 Å². The van der Waals surface area contributed by atoms with Crippen LogP contribution in [0.25, 0.3) is 5.69 Å². The first-order chi connectivity index (χ1) is 12.1. The quantitative estimate of drug-likeness (QED) is 0.555. The number of hydrogen-bond donors (Lipinski definition) is 2. The van der Waals surface area contributed by atoms with Crippen LogP contribution in [0.4, 0.5) is 0 Å². The van der Waals surface area contributed by atoms with Gasteiger partial charge in [-0.05, 0) is 31.2 Å². The van der Waals surface area contributed by atoms with Crippen LogP contribution in [0.15, 0.2) is 58.7 Å². The Balaban J connectivity index is 1.86. The van der Waals surface area contributed by atoms with Gasteiger partial charge in [-0.15, -0.1) is 0 Å². The highest BCUT2D eigenvalue weighted by molar-refractivity contribution is 6.31. The second-order valence-corrected chi connectivity index (χ2v) is 5.61. The molecule has 126 valence electrons. The highest BCUT2D eigenvalue weighted by atomic mass is 35.5. The summed E-state index contributed by atoms with van der Waals surface area (Å²) in [6, 6.07) is 10.5. The van der Waals surface area contributed by atoms with Gasteiger partial charge < -0.3 is 0 Å². The van der Waals surface area contributed by atoms with Crippen molar-refractivity contribution in [3.8, 4) is 5.69 Å². The highest BCUT2D eigenvalue weighted by Gasteiger charge is 2.12. The van der Waals surface area contributed by atoms with E-state index in [1.54, 1.807) is 24.3 Å². The lowest BCUT2D eigenvalue weighted by molar-refractivity contribution is 0.0955. The Morgan fingerprint density at radius 1 is 1.24 bits per heavy atom. The molecule has 0 fully saturated rings. The van der Waals surface area contributed by atoms with E-state index < -0.39 is 11.6 Å². The van der Waals surface area contributed by atoms with Gasteiger partial charge in [-0.25, -0.2) is 10.2 Å². The molecule has 0 unspecified atom stereocenters. The van der Waals surface area contributed by atoms with E-state index in [1.165, 1.54) is 23.2 Å². The van der Waals surface area contributed by atoms with Crippen molar-refractivity contribution in [3.63, 3.8) is 0 Å². The molecule has 0 bridgehead atoms. The zero-order valence-electron chi connectivity index (χ0n) is 13.2. The minimum atomic E-state index is -0.394. The standard InChI is InChI=1S/C17H14ClN5O2/c1-11-2-4-13(5-3-11)23-14(15(18)21-17(23)25)10-20-22-16(24)12-6-8-19-9-7-12/h2-10H,1H3,(H,21,25)(H,22,24)/b20-10+. The fraction of sp³-hybridized carbons (Fsp3) is 0.0588. The molecule has 0 aliphatic heterocycles. The van der Waals surface area contributed by atoms with E-state index >= 15 is 0 Å². The fourth-order valence-electron chi connectivity index (χ4n) is 2.21. The van der Waals surface area contributed by atoms with Crippen molar-refractivity contribution in [1.29, 1.82) is 0 Å². The molecule has 0 radical (unpaired) electrons. The van der Waals surface area contributed by atoms with Gasteiger partial charge in [0.1, 0.15) is 10.8 Å². The van der Waals surface area contributed by atoms with Gasteiger partial charge in [0.2, 0.25) is 0 Å². The molecule has 1 amide bonds. The van der Waals surface area contributed by atoms with E-state index in [0.29, 0.717) is 16.9 Å². The summed E-state index contributed by atoms with van der Waals surface area (Å²) in [6.45, 7) is 1.95. The molecule has 3 aromatic rings. The van der Waals surface area contributed by atoms with E-state index in [4.69, 9.17) is 11.6 Å². The summed E-state index contributed by atoms with van der Waals surface area (Å²) in [6.07, 6.45) is 4.34. The molecular formula is C17H14ClN5O2. The van der Waals surface area contributed by atoms with E-state index in [1.807, 2.05) is 19.1 Å². The number of aromatic amines is 1. The number of halogens is 1. The average molecular weight is 356 g/mol. The molecular weight excluding hydrogens is 342 g/mol. The third kappa shape index (κ3) is 3.67. The average Bonchev–Trinajstić information content (AvgIpc) is 2.90. The molecule has 2 N–H and O–H groups in total. The highest BCUT2D eigenvalue weighted by Crippen LogP contribution is 2.15. The number of hydrazone groups is 1. The third-order valence-corrected chi connectivity index (χ3v) is 3.76. The number of imidazole rings is 1. The number of nitrogens with one attached hydrogen (secondary N) is 2. The summed E-state index contributed by atoms with van der Waals surface area (Å²) >= 11 is 6.08. The molecule has 7 nitrogen and oxygen atoms in total. The normalized spacial score (nSPS) is 11.0. The first kappa shape index (κ1) is 16.7. The van der Waals surface area contributed by atoms with Crippen molar-refractivity contribution in [3.05, 3.63) is 81.3 Å². The topological polar surface area (TPSA) is 92.1 Å². The number of aryl methyl sites for hydroxylation is 1. The summed E-state index contributed by atoms with van der Waals surface area (Å²) in [5.74, 6) is -0.394. The minimum Gasteiger partial charge on any atom is -0.296 e. The molecule has 25 heavy (non-hydrogen) atoms. The Hall–Kier alpha value is -3.19. The number of carbonyl (C=O) groups excluding carboxylic acids is 1. The molecule has 0 saturated heterocycles. The maximum Gasteiger partial charge on any atom is 0.331 e. The first-order valence-electron chi connectivity index (χ1n) is 7.37. The number of H-pyrrole nitrogens is 1. The van der Waals surface area contributed by atoms with Crippen LogP contribution in [-0.4, -0.2) is 26.7 Å². The van der Waals surface area contributed by atoms with Crippen LogP contribution in [0.2, 0.25) is 5.15 Å². The van der Waals surface area contributed by atoms with Crippen molar-refractivity contribution in [1.82, 2.24) is 20.0 Å². The zero-order valence-corrected chi connectivity index (χ0v) is 14.0. The molecule has 2 aromatic heterocycles. The van der Waals surface area contributed by atoms with E-state index in [0.717, 1.165) is 5.56 Å².